The summed E-state index contributed by atoms with van der Waals surface area (Å²) < 4.78 is 10.8. The van der Waals surface area contributed by atoms with Crippen molar-refractivity contribution in [3.63, 3.8) is 0 Å². The van der Waals surface area contributed by atoms with E-state index in [0.29, 0.717) is 38.8 Å². The van der Waals surface area contributed by atoms with Gasteiger partial charge in [-0.15, -0.1) is 0 Å². The molecule has 0 bridgehead atoms. The maximum Gasteiger partial charge on any atom is 0.339 e. The molecular formula is C23H15ClN2O3. The number of carbonyl (C=O) groups excluding carboxylic acids is 1. The van der Waals surface area contributed by atoms with E-state index in [1.54, 1.807) is 67.6 Å². The number of nitriles is 2. The predicted octanol–water partition coefficient (Wildman–Crippen LogP) is 5.71. The normalized spacial score (nSPS) is 10.8. The van der Waals surface area contributed by atoms with E-state index >= 15 is 0 Å². The lowest BCUT2D eigenvalue weighted by Crippen LogP contribution is -2.05. The summed E-state index contributed by atoms with van der Waals surface area (Å²) in [5, 5.41) is 18.7. The molecule has 0 fully saturated rings. The fraction of sp³-hybridized carbons (Fsp3) is 0.0870. The molecule has 0 amide bonds. The molecule has 0 saturated carbocycles. The van der Waals surface area contributed by atoms with E-state index in [-0.39, 0.29) is 12.2 Å². The Morgan fingerprint density at radius 2 is 1.90 bits per heavy atom. The van der Waals surface area contributed by atoms with E-state index in [1.165, 1.54) is 0 Å². The van der Waals surface area contributed by atoms with Gasteiger partial charge >= 0.3 is 5.97 Å². The standard InChI is InChI=1S/C23H15ClN2O3/c1-2-28-23(27)20-12-17(7-9-21(20)24)22-10-8-19(29-22)11-18(14-26)16-5-3-15(13-25)4-6-16/h3-12H,2H2,1H3/b18-11+. The van der Waals surface area contributed by atoms with Gasteiger partial charge in [-0.3, -0.25) is 0 Å². The number of ether oxygens (including phenoxy) is 1. The second-order valence-corrected chi connectivity index (χ2v) is 6.38. The highest BCUT2D eigenvalue weighted by molar-refractivity contribution is 6.33. The van der Waals surface area contributed by atoms with Gasteiger partial charge in [0, 0.05) is 5.56 Å². The Bertz CT molecular complexity index is 1160. The minimum absolute atomic E-state index is 0.251. The van der Waals surface area contributed by atoms with Gasteiger partial charge in [-0.2, -0.15) is 10.5 Å². The highest BCUT2D eigenvalue weighted by Gasteiger charge is 2.14. The number of esters is 1. The summed E-state index contributed by atoms with van der Waals surface area (Å²) in [6.45, 7) is 1.98. The molecule has 0 radical (unpaired) electrons. The van der Waals surface area contributed by atoms with E-state index in [4.69, 9.17) is 26.0 Å². The van der Waals surface area contributed by atoms with Gasteiger partial charge in [-0.05, 0) is 61.0 Å². The first-order chi connectivity index (χ1) is 14.0. The van der Waals surface area contributed by atoms with Crippen LogP contribution in [0.5, 0.6) is 0 Å². The summed E-state index contributed by atoms with van der Waals surface area (Å²) >= 11 is 6.10. The highest BCUT2D eigenvalue weighted by Crippen LogP contribution is 2.29. The van der Waals surface area contributed by atoms with Crippen molar-refractivity contribution < 1.29 is 13.9 Å². The Morgan fingerprint density at radius 1 is 1.14 bits per heavy atom. The zero-order valence-electron chi connectivity index (χ0n) is 15.5. The van der Waals surface area contributed by atoms with Crippen molar-refractivity contribution in [3.05, 3.63) is 82.1 Å². The van der Waals surface area contributed by atoms with Crippen LogP contribution in [0.2, 0.25) is 5.02 Å². The monoisotopic (exact) mass is 402 g/mol. The molecule has 0 saturated heterocycles. The number of carbonyl (C=O) groups is 1. The molecule has 3 aromatic rings. The number of hydrogen-bond acceptors (Lipinski definition) is 5. The topological polar surface area (TPSA) is 87.0 Å². The third-order valence-electron chi connectivity index (χ3n) is 4.11. The van der Waals surface area contributed by atoms with E-state index < -0.39 is 5.97 Å². The van der Waals surface area contributed by atoms with Gasteiger partial charge in [0.05, 0.1) is 40.5 Å². The molecule has 1 aromatic heterocycles. The summed E-state index contributed by atoms with van der Waals surface area (Å²) in [4.78, 5) is 12.0. The number of hydrogen-bond donors (Lipinski definition) is 0. The maximum absolute atomic E-state index is 12.0. The number of rotatable bonds is 5. The quantitative estimate of drug-likeness (QED) is 0.402. The van der Waals surface area contributed by atoms with E-state index in [0.717, 1.165) is 0 Å². The molecule has 0 aliphatic rings. The molecule has 0 spiro atoms. The van der Waals surface area contributed by atoms with Crippen molar-refractivity contribution in [1.29, 1.82) is 10.5 Å². The predicted molar refractivity (Wildman–Crippen MR) is 110 cm³/mol. The zero-order valence-corrected chi connectivity index (χ0v) is 16.2. The van der Waals surface area contributed by atoms with Gasteiger partial charge in [-0.1, -0.05) is 23.7 Å². The molecule has 5 nitrogen and oxygen atoms in total. The Balaban J connectivity index is 1.91. The van der Waals surface area contributed by atoms with Crippen LogP contribution in [0.3, 0.4) is 0 Å². The molecule has 0 atom stereocenters. The maximum atomic E-state index is 12.0. The molecule has 0 unspecified atom stereocenters. The van der Waals surface area contributed by atoms with E-state index in [1.807, 2.05) is 6.07 Å². The van der Waals surface area contributed by atoms with Gasteiger partial charge in [0.2, 0.25) is 0 Å². The second-order valence-electron chi connectivity index (χ2n) is 5.98. The van der Waals surface area contributed by atoms with Crippen LogP contribution in [0, 0.1) is 22.7 Å². The lowest BCUT2D eigenvalue weighted by molar-refractivity contribution is 0.0526. The third kappa shape index (κ3) is 4.55. The summed E-state index contributed by atoms with van der Waals surface area (Å²) in [7, 11) is 0. The molecule has 29 heavy (non-hydrogen) atoms. The summed E-state index contributed by atoms with van der Waals surface area (Å²) in [6.07, 6.45) is 1.62. The Kier molecular flexibility index (Phi) is 6.14. The van der Waals surface area contributed by atoms with Gasteiger partial charge in [0.1, 0.15) is 11.5 Å². The zero-order chi connectivity index (χ0) is 20.8. The van der Waals surface area contributed by atoms with E-state index in [9.17, 15) is 10.1 Å². The average molecular weight is 403 g/mol. The molecular weight excluding hydrogens is 388 g/mol. The third-order valence-corrected chi connectivity index (χ3v) is 4.43. The van der Waals surface area contributed by atoms with Crippen molar-refractivity contribution >= 4 is 29.2 Å². The summed E-state index contributed by atoms with van der Waals surface area (Å²) in [6, 6.07) is 19.3. The average Bonchev–Trinajstić information content (AvgIpc) is 3.21. The number of allylic oxidation sites excluding steroid dienone is 1. The van der Waals surface area contributed by atoms with Gasteiger partial charge < -0.3 is 9.15 Å². The fourth-order valence-corrected chi connectivity index (χ4v) is 2.87. The Hall–Kier alpha value is -3.80. The van der Waals surface area contributed by atoms with Crippen LogP contribution in [-0.2, 0) is 4.74 Å². The number of halogens is 1. The number of benzene rings is 2. The SMILES string of the molecule is CCOC(=O)c1cc(-c2ccc(/C=C(\C#N)c3ccc(C#N)cc3)o2)ccc1Cl. The summed E-state index contributed by atoms with van der Waals surface area (Å²) in [5.74, 6) is 0.503. The van der Waals surface area contributed by atoms with Crippen LogP contribution >= 0.6 is 11.6 Å². The van der Waals surface area contributed by atoms with Crippen LogP contribution in [0.1, 0.15) is 34.2 Å². The molecule has 142 valence electrons. The molecule has 3 rings (SSSR count). The lowest BCUT2D eigenvalue weighted by Gasteiger charge is -2.06. The lowest BCUT2D eigenvalue weighted by atomic mass is 10.0. The van der Waals surface area contributed by atoms with Gasteiger partial charge in [-0.25, -0.2) is 4.79 Å². The smallest absolute Gasteiger partial charge is 0.339 e. The number of furan rings is 1. The molecule has 0 aliphatic heterocycles. The minimum Gasteiger partial charge on any atom is -0.462 e. The summed E-state index contributed by atoms with van der Waals surface area (Å²) in [5.41, 5.74) is 2.52. The van der Waals surface area contributed by atoms with Gasteiger partial charge in [0.15, 0.2) is 0 Å². The minimum atomic E-state index is -0.501. The molecule has 2 aromatic carbocycles. The van der Waals surface area contributed by atoms with Gasteiger partial charge in [0.25, 0.3) is 0 Å². The largest absolute Gasteiger partial charge is 0.462 e. The molecule has 1 heterocycles. The molecule has 0 aliphatic carbocycles. The van der Waals surface area contributed by atoms with Crippen LogP contribution < -0.4 is 0 Å². The number of nitrogens with zero attached hydrogens (tertiary/aromatic N) is 2. The van der Waals surface area contributed by atoms with E-state index in [2.05, 4.69) is 6.07 Å². The van der Waals surface area contributed by atoms with Crippen LogP contribution in [-0.4, -0.2) is 12.6 Å². The van der Waals surface area contributed by atoms with Crippen molar-refractivity contribution in [2.45, 2.75) is 6.92 Å². The Morgan fingerprint density at radius 3 is 2.55 bits per heavy atom. The van der Waals surface area contributed by atoms with Crippen LogP contribution in [0.25, 0.3) is 23.0 Å². The first-order valence-corrected chi connectivity index (χ1v) is 9.12. The fourth-order valence-electron chi connectivity index (χ4n) is 2.68. The molecule has 6 heteroatoms. The first kappa shape index (κ1) is 19.9. The van der Waals surface area contributed by atoms with Crippen molar-refractivity contribution in [1.82, 2.24) is 0 Å². The first-order valence-electron chi connectivity index (χ1n) is 8.75. The van der Waals surface area contributed by atoms with Crippen molar-refractivity contribution in [3.8, 4) is 23.5 Å². The second kappa shape index (κ2) is 8.93. The van der Waals surface area contributed by atoms with Crippen LogP contribution in [0.4, 0.5) is 0 Å². The van der Waals surface area contributed by atoms with Crippen molar-refractivity contribution in [2.75, 3.05) is 6.61 Å². The Labute approximate surface area is 173 Å². The highest BCUT2D eigenvalue weighted by atomic mass is 35.5. The molecule has 0 N–H and O–H groups in total. The van der Waals surface area contributed by atoms with Crippen LogP contribution in [0.15, 0.2) is 59.0 Å². The van der Waals surface area contributed by atoms with Crippen molar-refractivity contribution in [2.24, 2.45) is 0 Å².